The Kier molecular flexibility index (Phi) is 18.1. The van der Waals surface area contributed by atoms with E-state index in [9.17, 15) is 36.7 Å². The molecule has 2 aliphatic heterocycles. The molecule has 0 bridgehead atoms. The van der Waals surface area contributed by atoms with Crippen LogP contribution in [0, 0.1) is 23.3 Å². The van der Waals surface area contributed by atoms with Crippen LogP contribution < -0.4 is 30.3 Å². The first-order valence-electron chi connectivity index (χ1n) is 20.0. The number of ether oxygens (including phenoxy) is 3. The minimum Gasteiger partial charge on any atom is -0.485 e. The van der Waals surface area contributed by atoms with E-state index in [4.69, 9.17) is 15.2 Å². The summed E-state index contributed by atoms with van der Waals surface area (Å²) in [6.07, 6.45) is 4.25. The maximum Gasteiger partial charge on any atom is 0.361 e. The van der Waals surface area contributed by atoms with Crippen LogP contribution in [0.1, 0.15) is 60.3 Å². The molecule has 2 aliphatic rings. The maximum atomic E-state index is 14.4. The second-order valence-corrected chi connectivity index (χ2v) is 14.6. The number of hydrogen-bond acceptors (Lipinski definition) is 12. The number of fused-ring (bicyclic) bond motifs is 2. The van der Waals surface area contributed by atoms with Gasteiger partial charge in [-0.15, -0.1) is 12.4 Å². The number of halogens is 5. The van der Waals surface area contributed by atoms with Gasteiger partial charge in [0, 0.05) is 26.5 Å². The van der Waals surface area contributed by atoms with E-state index in [0.717, 1.165) is 18.0 Å². The molecule has 17 nitrogen and oxygen atoms in total. The first-order valence-corrected chi connectivity index (χ1v) is 20.0. The van der Waals surface area contributed by atoms with Crippen LogP contribution in [0.4, 0.5) is 29.2 Å². The van der Waals surface area contributed by atoms with Crippen LogP contribution in [0.25, 0.3) is 0 Å². The number of rotatable bonds is 8. The number of hydrogen-bond donors (Lipinski definition) is 2. The lowest BCUT2D eigenvalue weighted by molar-refractivity contribution is -0.122. The highest BCUT2D eigenvalue weighted by molar-refractivity contribution is 6.02. The number of carbonyl (C=O) groups is 4. The van der Waals surface area contributed by atoms with Crippen LogP contribution in [0.2, 0.25) is 0 Å². The number of nitrogens with zero attached hydrogens (tertiary/aromatic N) is 8. The summed E-state index contributed by atoms with van der Waals surface area (Å²) in [6, 6.07) is 16.6. The fourth-order valence-electron chi connectivity index (χ4n) is 6.43. The third-order valence-electron chi connectivity index (χ3n) is 9.87. The van der Waals surface area contributed by atoms with Crippen molar-refractivity contribution in [2.45, 2.75) is 65.6 Å². The average Bonchev–Trinajstić information content (AvgIpc) is 3.82. The zero-order valence-corrected chi connectivity index (χ0v) is 36.9. The molecule has 0 fully saturated rings. The zero-order chi connectivity index (χ0) is 46.9. The summed E-state index contributed by atoms with van der Waals surface area (Å²) >= 11 is 0. The van der Waals surface area contributed by atoms with Crippen LogP contribution >= 0.6 is 12.4 Å². The summed E-state index contributed by atoms with van der Waals surface area (Å²) in [7, 11) is 3.17. The van der Waals surface area contributed by atoms with Gasteiger partial charge in [-0.2, -0.15) is 10.2 Å². The average molecular weight is 953 g/mol. The van der Waals surface area contributed by atoms with Crippen LogP contribution in [0.15, 0.2) is 97.6 Å². The van der Waals surface area contributed by atoms with Crippen LogP contribution in [0.3, 0.4) is 0 Å². The molecule has 6 heterocycles. The molecule has 2 aromatic carbocycles. The van der Waals surface area contributed by atoms with Gasteiger partial charge in [0.25, 0.3) is 11.8 Å². The third kappa shape index (κ3) is 12.7. The Labute approximate surface area is 389 Å². The van der Waals surface area contributed by atoms with Gasteiger partial charge in [0.15, 0.2) is 40.5 Å². The molecule has 0 saturated carbocycles. The second kappa shape index (κ2) is 23.2. The van der Waals surface area contributed by atoms with Gasteiger partial charge in [-0.1, -0.05) is 31.7 Å². The Morgan fingerprint density at radius 1 is 0.716 bits per heavy atom. The van der Waals surface area contributed by atoms with Crippen molar-refractivity contribution in [1.29, 1.82) is 0 Å². The fourth-order valence-corrected chi connectivity index (χ4v) is 6.43. The Morgan fingerprint density at radius 2 is 1.16 bits per heavy atom. The Morgan fingerprint density at radius 3 is 1.66 bits per heavy atom. The lowest BCUT2D eigenvalue weighted by Crippen LogP contribution is -2.53. The molecule has 0 radical (unpaired) electrons. The van der Waals surface area contributed by atoms with Crippen molar-refractivity contribution in [3.05, 3.63) is 143 Å². The van der Waals surface area contributed by atoms with Gasteiger partial charge in [0.1, 0.15) is 35.9 Å². The molecule has 4 atom stereocenters. The van der Waals surface area contributed by atoms with E-state index in [1.54, 1.807) is 82.5 Å². The molecule has 0 unspecified atom stereocenters. The highest BCUT2D eigenvalue weighted by Gasteiger charge is 2.37. The monoisotopic (exact) mass is 952 g/mol. The molecule has 3 N–H and O–H groups in total. The Bertz CT molecular complexity index is 2650. The number of likely N-dealkylation sites (N-methyl/N-ethyl adjacent to an activating group) is 2. The van der Waals surface area contributed by atoms with Crippen molar-refractivity contribution in [3.63, 3.8) is 0 Å². The van der Waals surface area contributed by atoms with E-state index < -0.39 is 53.3 Å². The van der Waals surface area contributed by atoms with Gasteiger partial charge in [0.05, 0.1) is 32.1 Å². The molecular formula is C45H49ClF4N10O7. The molecule has 22 heteroatoms. The number of esters is 1. The second-order valence-electron chi connectivity index (χ2n) is 14.6. The molecule has 0 aliphatic carbocycles. The van der Waals surface area contributed by atoms with Gasteiger partial charge < -0.3 is 25.3 Å². The van der Waals surface area contributed by atoms with Crippen molar-refractivity contribution >= 4 is 47.7 Å². The molecule has 4 aromatic heterocycles. The van der Waals surface area contributed by atoms with Crippen molar-refractivity contribution in [2.24, 2.45) is 5.73 Å². The number of anilines is 2. The third-order valence-corrected chi connectivity index (χ3v) is 9.87. The molecule has 67 heavy (non-hydrogen) atoms. The zero-order valence-electron chi connectivity index (χ0n) is 36.1. The lowest BCUT2D eigenvalue weighted by Gasteiger charge is -2.23. The summed E-state index contributed by atoms with van der Waals surface area (Å²) in [5, 5.41) is 10.3. The Hall–Kier alpha value is -7.39. The maximum absolute atomic E-state index is 14.4. The first kappa shape index (κ1) is 52.2. The quantitative estimate of drug-likeness (QED) is 0.139. The molecule has 356 valence electrons. The Balaban J connectivity index is 0.000000234. The van der Waals surface area contributed by atoms with Crippen molar-refractivity contribution < 1.29 is 51.0 Å². The summed E-state index contributed by atoms with van der Waals surface area (Å²) in [5.41, 5.74) is 6.38. The van der Waals surface area contributed by atoms with E-state index in [2.05, 4.69) is 30.2 Å². The minimum absolute atomic E-state index is 0. The predicted octanol–water partition coefficient (Wildman–Crippen LogP) is 5.74. The molecule has 3 amide bonds. The molecular weight excluding hydrogens is 904 g/mol. The lowest BCUT2D eigenvalue weighted by atomic mass is 10.1. The highest BCUT2D eigenvalue weighted by atomic mass is 35.5. The van der Waals surface area contributed by atoms with E-state index in [1.165, 1.54) is 56.7 Å². The van der Waals surface area contributed by atoms with Crippen LogP contribution in [-0.4, -0.2) is 98.2 Å². The normalized spacial score (nSPS) is 17.1. The van der Waals surface area contributed by atoms with Gasteiger partial charge >= 0.3 is 5.97 Å². The number of benzene rings is 2. The number of nitrogens with two attached hydrogens (primary N) is 1. The van der Waals surface area contributed by atoms with Crippen molar-refractivity contribution in [1.82, 2.24) is 34.8 Å². The van der Waals surface area contributed by atoms with E-state index in [1.807, 2.05) is 0 Å². The molecule has 8 rings (SSSR count). The molecule has 0 saturated heterocycles. The van der Waals surface area contributed by atoms with Gasteiger partial charge in [-0.25, -0.2) is 32.3 Å². The van der Waals surface area contributed by atoms with Gasteiger partial charge in [-0.3, -0.25) is 33.5 Å². The predicted molar refractivity (Wildman–Crippen MR) is 240 cm³/mol. The summed E-state index contributed by atoms with van der Waals surface area (Å²) in [5.74, 6) is -2.75. The van der Waals surface area contributed by atoms with Crippen molar-refractivity contribution in [3.8, 4) is 11.5 Å². The standard InChI is InChI=1S/C21H19F2N5O3.C13H12F2N2O2.C10H13N3O2.CH4.ClH/c1-12-17(21(30)27(2)19-16(31-12)4-3-9-24-19)25-20(29)18-15(23)11-28(26-18)10-13-5-7-14(22)8-6-13;1-2-19-13(18)12-11(15)8-17(16-12)7-9-3-5-10(14)6-4-9;1-6-8(11)10(14)13(2)9-7(15-6)4-3-5-12-9;;/h3-9,11-12,17H,10H2,1-2H3,(H,25,29);3-6,8H,2,7H2,1H3;3-6,8H,11H2,1-2H3;1H4;1H/t12-,17+;;6-,8+;;/m1.1../s1. The minimum atomic E-state index is -1.08. The van der Waals surface area contributed by atoms with E-state index >= 15 is 0 Å². The summed E-state index contributed by atoms with van der Waals surface area (Å²) in [4.78, 5) is 59.8. The van der Waals surface area contributed by atoms with Crippen LogP contribution in [0.5, 0.6) is 11.5 Å². The fraction of sp³-hybridized carbons (Fsp3) is 0.289. The number of aromatic nitrogens is 6. The highest BCUT2D eigenvalue weighted by Crippen LogP contribution is 2.30. The topological polar surface area (TPSA) is 202 Å². The number of nitrogens with one attached hydrogen (secondary N) is 1. The smallest absolute Gasteiger partial charge is 0.361 e. The summed E-state index contributed by atoms with van der Waals surface area (Å²) < 4.78 is 72.2. The van der Waals surface area contributed by atoms with Gasteiger partial charge in [0.2, 0.25) is 11.6 Å². The first-order chi connectivity index (χ1) is 31.0. The molecule has 6 aromatic rings. The number of carbonyl (C=O) groups excluding carboxylic acids is 4. The molecule has 0 spiro atoms. The van der Waals surface area contributed by atoms with Crippen molar-refractivity contribution in [2.75, 3.05) is 30.5 Å². The van der Waals surface area contributed by atoms with E-state index in [0.29, 0.717) is 28.7 Å². The number of pyridine rings is 2. The van der Waals surface area contributed by atoms with Crippen LogP contribution in [-0.2, 0) is 27.4 Å². The van der Waals surface area contributed by atoms with Gasteiger partial charge in [-0.05, 0) is 80.4 Å². The SMILES string of the molecule is C.CCOC(=O)c1nn(Cc2ccc(F)cc2)cc1F.C[C@H]1Oc2cccnc2N(C)C(=O)[C@H]1N.C[C@H]1Oc2cccnc2N(C)C(=O)[C@H]1NC(=O)c1nn(Cc2ccc(F)cc2)cc1F.Cl. The largest absolute Gasteiger partial charge is 0.485 e. The number of amides is 3. The van der Waals surface area contributed by atoms with E-state index in [-0.39, 0.29) is 68.9 Å². The summed E-state index contributed by atoms with van der Waals surface area (Å²) in [6.45, 7) is 5.59.